The molecule has 0 amide bonds. The van der Waals surface area contributed by atoms with E-state index in [1.54, 1.807) is 7.11 Å². The van der Waals surface area contributed by atoms with E-state index in [9.17, 15) is 0 Å². The van der Waals surface area contributed by atoms with E-state index < -0.39 is 0 Å². The first kappa shape index (κ1) is 12.9. The molecule has 0 aliphatic rings. The first-order valence-corrected chi connectivity index (χ1v) is 6.03. The summed E-state index contributed by atoms with van der Waals surface area (Å²) in [5, 5.41) is 0. The van der Waals surface area contributed by atoms with Gasteiger partial charge in [-0.25, -0.2) is 0 Å². The van der Waals surface area contributed by atoms with Gasteiger partial charge in [-0.1, -0.05) is 6.92 Å². The third kappa shape index (κ3) is 3.48. The Kier molecular flexibility index (Phi) is 4.61. The standard InChI is InChI=1S/C14H18O4/c1-3-11-4-5-13(17-11)9-16-10-14-7-6-12(18-14)8-15-2/h4-7H,3,8-10H2,1-2H3. The Balaban J connectivity index is 1.77. The summed E-state index contributed by atoms with van der Waals surface area (Å²) in [6.45, 7) is 3.44. The van der Waals surface area contributed by atoms with E-state index in [1.165, 1.54) is 0 Å². The number of hydrogen-bond acceptors (Lipinski definition) is 4. The van der Waals surface area contributed by atoms with Gasteiger partial charge in [-0.15, -0.1) is 0 Å². The molecule has 0 atom stereocenters. The highest BCUT2D eigenvalue weighted by atomic mass is 16.5. The van der Waals surface area contributed by atoms with Gasteiger partial charge in [0.15, 0.2) is 0 Å². The van der Waals surface area contributed by atoms with E-state index in [2.05, 4.69) is 6.92 Å². The topological polar surface area (TPSA) is 44.7 Å². The van der Waals surface area contributed by atoms with E-state index in [0.717, 1.165) is 29.5 Å². The van der Waals surface area contributed by atoms with Crippen molar-refractivity contribution in [1.82, 2.24) is 0 Å². The Morgan fingerprint density at radius 1 is 0.833 bits per heavy atom. The van der Waals surface area contributed by atoms with Crippen molar-refractivity contribution in [3.8, 4) is 0 Å². The van der Waals surface area contributed by atoms with Gasteiger partial charge in [0.2, 0.25) is 0 Å². The molecule has 0 aliphatic carbocycles. The maximum atomic E-state index is 5.54. The zero-order valence-electron chi connectivity index (χ0n) is 10.8. The zero-order valence-corrected chi connectivity index (χ0v) is 10.8. The van der Waals surface area contributed by atoms with Crippen LogP contribution in [0.25, 0.3) is 0 Å². The van der Waals surface area contributed by atoms with Crippen LogP contribution < -0.4 is 0 Å². The molecule has 2 rings (SSSR count). The Labute approximate surface area is 106 Å². The van der Waals surface area contributed by atoms with Gasteiger partial charge in [0, 0.05) is 13.5 Å². The largest absolute Gasteiger partial charge is 0.464 e. The van der Waals surface area contributed by atoms with Gasteiger partial charge in [0.1, 0.15) is 42.9 Å². The molecule has 0 saturated carbocycles. The van der Waals surface area contributed by atoms with Crippen molar-refractivity contribution < 1.29 is 18.3 Å². The van der Waals surface area contributed by atoms with E-state index in [4.69, 9.17) is 18.3 Å². The average molecular weight is 250 g/mol. The third-order valence-corrected chi connectivity index (χ3v) is 2.56. The maximum absolute atomic E-state index is 5.54. The van der Waals surface area contributed by atoms with Crippen molar-refractivity contribution in [2.75, 3.05) is 7.11 Å². The maximum Gasteiger partial charge on any atom is 0.130 e. The number of hydrogen-bond donors (Lipinski definition) is 0. The molecule has 0 radical (unpaired) electrons. The quantitative estimate of drug-likeness (QED) is 0.756. The molecule has 2 aromatic rings. The van der Waals surface area contributed by atoms with Crippen molar-refractivity contribution in [2.45, 2.75) is 33.2 Å². The Morgan fingerprint density at radius 2 is 1.33 bits per heavy atom. The van der Waals surface area contributed by atoms with Crippen molar-refractivity contribution in [2.24, 2.45) is 0 Å². The van der Waals surface area contributed by atoms with Crippen molar-refractivity contribution >= 4 is 0 Å². The second kappa shape index (κ2) is 6.42. The number of furan rings is 2. The lowest BCUT2D eigenvalue weighted by Crippen LogP contribution is -1.91. The van der Waals surface area contributed by atoms with Crippen LogP contribution in [-0.2, 0) is 35.7 Å². The van der Waals surface area contributed by atoms with Crippen LogP contribution >= 0.6 is 0 Å². The summed E-state index contributed by atoms with van der Waals surface area (Å²) in [6, 6.07) is 7.71. The molecule has 0 fully saturated rings. The highest BCUT2D eigenvalue weighted by Gasteiger charge is 2.04. The van der Waals surface area contributed by atoms with Gasteiger partial charge < -0.3 is 18.3 Å². The van der Waals surface area contributed by atoms with Crippen molar-refractivity contribution in [3.05, 3.63) is 47.3 Å². The second-order valence-corrected chi connectivity index (χ2v) is 4.02. The summed E-state index contributed by atoms with van der Waals surface area (Å²) in [5.41, 5.74) is 0. The first-order valence-electron chi connectivity index (χ1n) is 6.03. The van der Waals surface area contributed by atoms with Crippen LogP contribution in [0.5, 0.6) is 0 Å². The van der Waals surface area contributed by atoms with Crippen LogP contribution in [0.4, 0.5) is 0 Å². The number of ether oxygens (including phenoxy) is 2. The van der Waals surface area contributed by atoms with Crippen molar-refractivity contribution in [1.29, 1.82) is 0 Å². The van der Waals surface area contributed by atoms with Crippen LogP contribution in [0, 0.1) is 0 Å². The molecule has 4 heteroatoms. The molecular formula is C14H18O4. The number of rotatable bonds is 7. The van der Waals surface area contributed by atoms with Crippen LogP contribution in [-0.4, -0.2) is 7.11 Å². The second-order valence-electron chi connectivity index (χ2n) is 4.02. The summed E-state index contributed by atoms with van der Waals surface area (Å²) in [4.78, 5) is 0. The van der Waals surface area contributed by atoms with Crippen LogP contribution in [0.15, 0.2) is 33.1 Å². The zero-order chi connectivity index (χ0) is 12.8. The SMILES string of the molecule is CCc1ccc(COCc2ccc(COC)o2)o1. The lowest BCUT2D eigenvalue weighted by molar-refractivity contribution is 0.0764. The van der Waals surface area contributed by atoms with Gasteiger partial charge in [0.25, 0.3) is 0 Å². The van der Waals surface area contributed by atoms with Crippen LogP contribution in [0.1, 0.15) is 30.0 Å². The molecule has 98 valence electrons. The molecule has 4 nitrogen and oxygen atoms in total. The van der Waals surface area contributed by atoms with E-state index in [-0.39, 0.29) is 0 Å². The molecule has 0 spiro atoms. The number of aryl methyl sites for hydroxylation is 1. The molecule has 0 bridgehead atoms. The Bertz CT molecular complexity index is 470. The summed E-state index contributed by atoms with van der Waals surface area (Å²) in [5.74, 6) is 3.43. The smallest absolute Gasteiger partial charge is 0.130 e. The predicted octanol–water partition coefficient (Wildman–Crippen LogP) is 3.30. The van der Waals surface area contributed by atoms with Gasteiger partial charge in [-0.05, 0) is 24.3 Å². The molecule has 0 saturated heterocycles. The molecule has 0 aliphatic heterocycles. The summed E-state index contributed by atoms with van der Waals surface area (Å²) in [6.07, 6.45) is 0.901. The molecule has 2 heterocycles. The minimum Gasteiger partial charge on any atom is -0.464 e. The monoisotopic (exact) mass is 250 g/mol. The van der Waals surface area contributed by atoms with Gasteiger partial charge in [-0.3, -0.25) is 0 Å². The summed E-state index contributed by atoms with van der Waals surface area (Å²) >= 11 is 0. The van der Waals surface area contributed by atoms with E-state index in [1.807, 2.05) is 24.3 Å². The first-order chi connectivity index (χ1) is 8.81. The number of methoxy groups -OCH3 is 1. The molecular weight excluding hydrogens is 232 g/mol. The molecule has 18 heavy (non-hydrogen) atoms. The predicted molar refractivity (Wildman–Crippen MR) is 66.0 cm³/mol. The molecule has 0 N–H and O–H groups in total. The fourth-order valence-corrected chi connectivity index (χ4v) is 1.66. The molecule has 0 unspecified atom stereocenters. The van der Waals surface area contributed by atoms with Gasteiger partial charge in [0.05, 0.1) is 0 Å². The summed E-state index contributed by atoms with van der Waals surface area (Å²) < 4.78 is 21.6. The highest BCUT2D eigenvalue weighted by Crippen LogP contribution is 2.13. The van der Waals surface area contributed by atoms with E-state index >= 15 is 0 Å². The minimum absolute atomic E-state index is 0.436. The van der Waals surface area contributed by atoms with Crippen LogP contribution in [0.3, 0.4) is 0 Å². The summed E-state index contributed by atoms with van der Waals surface area (Å²) in [7, 11) is 1.64. The minimum atomic E-state index is 0.436. The van der Waals surface area contributed by atoms with Gasteiger partial charge in [-0.2, -0.15) is 0 Å². The lowest BCUT2D eigenvalue weighted by Gasteiger charge is -1.99. The normalized spacial score (nSPS) is 11.0. The highest BCUT2D eigenvalue weighted by molar-refractivity contribution is 5.07. The fourth-order valence-electron chi connectivity index (χ4n) is 1.66. The Hall–Kier alpha value is -1.52. The molecule has 0 aromatic carbocycles. The van der Waals surface area contributed by atoms with Crippen molar-refractivity contribution in [3.63, 3.8) is 0 Å². The van der Waals surface area contributed by atoms with Gasteiger partial charge >= 0.3 is 0 Å². The third-order valence-electron chi connectivity index (χ3n) is 2.56. The van der Waals surface area contributed by atoms with E-state index in [0.29, 0.717) is 19.8 Å². The fraction of sp³-hybridized carbons (Fsp3) is 0.429. The molecule has 2 aromatic heterocycles. The average Bonchev–Trinajstić information content (AvgIpc) is 2.99. The lowest BCUT2D eigenvalue weighted by atomic mass is 10.4. The van der Waals surface area contributed by atoms with Crippen LogP contribution in [0.2, 0.25) is 0 Å². The Morgan fingerprint density at radius 3 is 1.83 bits per heavy atom.